The van der Waals surface area contributed by atoms with E-state index in [-0.39, 0.29) is 0 Å². The van der Waals surface area contributed by atoms with Crippen molar-refractivity contribution in [1.29, 1.82) is 0 Å². The van der Waals surface area contributed by atoms with Crippen LogP contribution in [0, 0.1) is 0 Å². The molecule has 158 valence electrons. The van der Waals surface area contributed by atoms with E-state index in [4.69, 9.17) is 0 Å². The Bertz CT molecular complexity index is 467. The van der Waals surface area contributed by atoms with Crippen LogP contribution < -0.4 is 0 Å². The molecule has 26 heavy (non-hydrogen) atoms. The molecule has 0 amide bonds. The molecule has 0 bridgehead atoms. The van der Waals surface area contributed by atoms with Crippen molar-refractivity contribution < 1.29 is 66.5 Å². The number of rotatable bonds is 9. The summed E-state index contributed by atoms with van der Waals surface area (Å²) in [6.07, 6.45) is -12.8. The molecule has 0 saturated carbocycles. The van der Waals surface area contributed by atoms with Gasteiger partial charge in [0.1, 0.15) is 0 Å². The minimum absolute atomic E-state index is 0.803. The monoisotopic (exact) mass is 422 g/mol. The first-order chi connectivity index (χ1) is 11.2. The summed E-state index contributed by atoms with van der Waals surface area (Å²) in [6.45, 7) is 0. The fourth-order valence-electron chi connectivity index (χ4n) is 1.59. The molecule has 0 saturated heterocycles. The average molecular weight is 422 g/mol. The van der Waals surface area contributed by atoms with Gasteiger partial charge in [-0.3, -0.25) is 0 Å². The highest BCUT2D eigenvalue weighted by atomic mass is 19.4. The van der Waals surface area contributed by atoms with Gasteiger partial charge in [0, 0.05) is 27.1 Å². The number of hydrogen-bond acceptors (Lipinski definition) is 2. The Morgan fingerprint density at radius 1 is 0.577 bits per heavy atom. The molecule has 0 aromatic carbocycles. The lowest BCUT2D eigenvalue weighted by molar-refractivity contribution is -0.440. The molecular formula is C11H11F13O2. The van der Waals surface area contributed by atoms with Crippen LogP contribution >= 0.6 is 0 Å². The molecule has 0 fully saturated rings. The van der Waals surface area contributed by atoms with Crippen molar-refractivity contribution in [2.24, 2.45) is 0 Å². The van der Waals surface area contributed by atoms with Crippen LogP contribution in [0.5, 0.6) is 0 Å². The fraction of sp³-hybridized carbons (Fsp3) is 1.00. The summed E-state index contributed by atoms with van der Waals surface area (Å²) in [7, 11) is 1.61. The molecule has 0 rings (SSSR count). The van der Waals surface area contributed by atoms with Crippen LogP contribution in [0.15, 0.2) is 0 Å². The summed E-state index contributed by atoms with van der Waals surface area (Å²) in [5.41, 5.74) is 0. The van der Waals surface area contributed by atoms with Crippen molar-refractivity contribution in [3.8, 4) is 0 Å². The quantitative estimate of drug-likeness (QED) is 0.379. The van der Waals surface area contributed by atoms with Crippen LogP contribution in [-0.4, -0.2) is 56.3 Å². The third-order valence-corrected chi connectivity index (χ3v) is 3.22. The molecule has 0 aliphatic heterocycles. The predicted octanol–water partition coefficient (Wildman–Crippen LogP) is 5.12. The molecule has 0 unspecified atom stereocenters. The number of halogens is 13. The molecule has 0 radical (unpaired) electrons. The van der Waals surface area contributed by atoms with E-state index in [1.165, 1.54) is 0 Å². The van der Waals surface area contributed by atoms with Gasteiger partial charge >= 0.3 is 35.8 Å². The van der Waals surface area contributed by atoms with Crippen LogP contribution in [0.4, 0.5) is 57.1 Å². The molecular weight excluding hydrogens is 411 g/mol. The zero-order valence-electron chi connectivity index (χ0n) is 12.7. The summed E-state index contributed by atoms with van der Waals surface area (Å²) in [5, 5.41) is 0. The van der Waals surface area contributed by atoms with E-state index >= 15 is 0 Å². The third kappa shape index (κ3) is 3.82. The molecule has 0 N–H and O–H groups in total. The smallest absolute Gasteiger partial charge is 0.356 e. The molecule has 0 heterocycles. The van der Waals surface area contributed by atoms with E-state index in [1.54, 1.807) is 0 Å². The first-order valence-corrected chi connectivity index (χ1v) is 6.26. The lowest BCUT2D eigenvalue weighted by atomic mass is 9.92. The van der Waals surface area contributed by atoms with Gasteiger partial charge in [-0.2, -0.15) is 57.1 Å². The molecule has 0 aliphatic rings. The van der Waals surface area contributed by atoms with Crippen LogP contribution in [0.2, 0.25) is 0 Å². The van der Waals surface area contributed by atoms with Gasteiger partial charge in [-0.15, -0.1) is 0 Å². The second-order valence-electron chi connectivity index (χ2n) is 4.94. The molecule has 0 aromatic rings. The number of hydrogen-bond donors (Lipinski definition) is 0. The third-order valence-electron chi connectivity index (χ3n) is 3.22. The van der Waals surface area contributed by atoms with Crippen molar-refractivity contribution in [3.05, 3.63) is 0 Å². The predicted molar refractivity (Wildman–Crippen MR) is 57.8 cm³/mol. The lowest BCUT2D eigenvalue weighted by Gasteiger charge is -2.39. The van der Waals surface area contributed by atoms with Crippen LogP contribution in [-0.2, 0) is 9.47 Å². The van der Waals surface area contributed by atoms with E-state index in [9.17, 15) is 57.1 Å². The number of alkyl halides is 13. The number of ether oxygens (including phenoxy) is 2. The highest BCUT2D eigenvalue weighted by Gasteiger charge is 2.90. The summed E-state index contributed by atoms with van der Waals surface area (Å²) >= 11 is 0. The lowest BCUT2D eigenvalue weighted by Crippen LogP contribution is -2.70. The van der Waals surface area contributed by atoms with Crippen LogP contribution in [0.25, 0.3) is 0 Å². The maximum atomic E-state index is 13.3. The molecule has 15 heteroatoms. The second kappa shape index (κ2) is 7.20. The molecule has 2 nitrogen and oxygen atoms in total. The van der Waals surface area contributed by atoms with E-state index in [0.29, 0.717) is 0 Å². The Hall–Kier alpha value is -0.990. The van der Waals surface area contributed by atoms with Crippen LogP contribution in [0.3, 0.4) is 0 Å². The minimum atomic E-state index is -7.88. The van der Waals surface area contributed by atoms with E-state index in [2.05, 4.69) is 9.47 Å². The molecule has 0 aromatic heterocycles. The standard InChI is InChI=1S/C11H11F13O2/c1-25-5(26-2)3-4-6(12,13)7(14,15)8(16,17)9(18,19)10(20,21)11(22,23)24/h5H,3-4H2,1-2H3. The Kier molecular flexibility index (Phi) is 6.93. The van der Waals surface area contributed by atoms with Gasteiger partial charge in [0.2, 0.25) is 0 Å². The maximum Gasteiger partial charge on any atom is 0.460 e. The molecule has 0 atom stereocenters. The highest BCUT2D eigenvalue weighted by Crippen LogP contribution is 2.60. The Balaban J connectivity index is 5.92. The van der Waals surface area contributed by atoms with Crippen LogP contribution in [0.1, 0.15) is 12.8 Å². The van der Waals surface area contributed by atoms with Gasteiger partial charge in [-0.25, -0.2) is 0 Å². The fourth-order valence-corrected chi connectivity index (χ4v) is 1.59. The summed E-state index contributed by atoms with van der Waals surface area (Å²) in [5.74, 6) is -36.8. The van der Waals surface area contributed by atoms with Gasteiger partial charge in [0.15, 0.2) is 6.29 Å². The normalized spacial score (nSPS) is 15.7. The first-order valence-electron chi connectivity index (χ1n) is 6.26. The Labute approximate surface area is 137 Å². The zero-order valence-corrected chi connectivity index (χ0v) is 12.7. The summed E-state index contributed by atoms with van der Waals surface area (Å²) < 4.78 is 175. The maximum absolute atomic E-state index is 13.3. The van der Waals surface area contributed by atoms with Crippen molar-refractivity contribution >= 4 is 0 Å². The second-order valence-corrected chi connectivity index (χ2v) is 4.94. The first kappa shape index (κ1) is 25.0. The number of methoxy groups -OCH3 is 2. The largest absolute Gasteiger partial charge is 0.460 e. The van der Waals surface area contributed by atoms with Crippen molar-refractivity contribution in [2.75, 3.05) is 14.2 Å². The zero-order chi connectivity index (χ0) is 21.4. The topological polar surface area (TPSA) is 18.5 Å². The summed E-state index contributed by atoms with van der Waals surface area (Å²) in [4.78, 5) is 0. The average Bonchev–Trinajstić information content (AvgIpc) is 2.46. The Morgan fingerprint density at radius 3 is 1.23 bits per heavy atom. The van der Waals surface area contributed by atoms with Gasteiger partial charge < -0.3 is 9.47 Å². The van der Waals surface area contributed by atoms with Crippen molar-refractivity contribution in [3.63, 3.8) is 0 Å². The highest BCUT2D eigenvalue weighted by molar-refractivity contribution is 5.10. The minimum Gasteiger partial charge on any atom is -0.356 e. The van der Waals surface area contributed by atoms with Crippen molar-refractivity contribution in [2.45, 2.75) is 54.9 Å². The van der Waals surface area contributed by atoms with E-state index in [1.807, 2.05) is 0 Å². The molecule has 0 aliphatic carbocycles. The van der Waals surface area contributed by atoms with E-state index < -0.39 is 54.9 Å². The van der Waals surface area contributed by atoms with Crippen molar-refractivity contribution in [1.82, 2.24) is 0 Å². The molecule has 0 spiro atoms. The van der Waals surface area contributed by atoms with E-state index in [0.717, 1.165) is 14.2 Å². The van der Waals surface area contributed by atoms with Gasteiger partial charge in [0.25, 0.3) is 0 Å². The summed E-state index contributed by atoms with van der Waals surface area (Å²) in [6, 6.07) is 0. The van der Waals surface area contributed by atoms with Gasteiger partial charge in [0.05, 0.1) is 0 Å². The van der Waals surface area contributed by atoms with Gasteiger partial charge in [-0.1, -0.05) is 0 Å². The Morgan fingerprint density at radius 2 is 0.923 bits per heavy atom. The SMILES string of the molecule is COC(CCC(F)(F)C(F)(F)C(F)(F)C(F)(F)C(F)(F)C(F)(F)F)OC. The van der Waals surface area contributed by atoms with Gasteiger partial charge in [-0.05, 0) is 0 Å².